The highest BCUT2D eigenvalue weighted by Crippen LogP contribution is 2.39. The van der Waals surface area contributed by atoms with Crippen molar-refractivity contribution in [2.45, 2.75) is 53.4 Å². The molecule has 0 heterocycles. The first-order chi connectivity index (χ1) is 15.1. The SMILES string of the molecule is CC.CC(=O)c1ccc(C#Cc2ccc(C3CC3)cc2)cc1.CNC(=O)C(C)(C)C(N)=O. The van der Waals surface area contributed by atoms with Crippen LogP contribution in [0.4, 0.5) is 0 Å². The zero-order chi connectivity index (χ0) is 24.3. The number of carbonyl (C=O) groups excluding carboxylic acids is 3. The average Bonchev–Trinajstić information content (AvgIpc) is 3.65. The van der Waals surface area contributed by atoms with E-state index in [1.807, 2.05) is 38.1 Å². The predicted molar refractivity (Wildman–Crippen MR) is 129 cm³/mol. The van der Waals surface area contributed by atoms with Crippen molar-refractivity contribution in [2.75, 3.05) is 7.05 Å². The fourth-order valence-corrected chi connectivity index (χ4v) is 2.61. The highest BCUT2D eigenvalue weighted by atomic mass is 16.2. The highest BCUT2D eigenvalue weighted by molar-refractivity contribution is 6.03. The van der Waals surface area contributed by atoms with E-state index in [1.54, 1.807) is 6.92 Å². The molecule has 0 saturated heterocycles. The molecule has 2 amide bonds. The summed E-state index contributed by atoms with van der Waals surface area (Å²) in [6.07, 6.45) is 2.65. The standard InChI is InChI=1S/C19H16O.C6H12N2O2.C2H6/c1-14(20)17-8-4-15(5-9-17)2-3-16-6-10-18(11-7-16)19-12-13-19;1-6(2,4(7)9)5(10)8-3;1-2/h4-11,19H,12-13H2,1H3;1-3H3,(H2,7,9)(H,8,10);1-2H3. The average molecular weight is 435 g/mol. The number of Topliss-reactive ketones (excluding diaryl/α,β-unsaturated/α-hetero) is 1. The van der Waals surface area contributed by atoms with Crippen molar-refractivity contribution in [1.29, 1.82) is 0 Å². The number of nitrogens with one attached hydrogen (secondary N) is 1. The maximum Gasteiger partial charge on any atom is 0.234 e. The first-order valence-electron chi connectivity index (χ1n) is 10.9. The van der Waals surface area contributed by atoms with Crippen LogP contribution in [-0.2, 0) is 9.59 Å². The van der Waals surface area contributed by atoms with Gasteiger partial charge in [-0.3, -0.25) is 14.4 Å². The van der Waals surface area contributed by atoms with Crippen molar-refractivity contribution in [3.8, 4) is 11.8 Å². The minimum Gasteiger partial charge on any atom is -0.369 e. The first kappa shape index (κ1) is 26.6. The van der Waals surface area contributed by atoms with E-state index in [2.05, 4.69) is 41.4 Å². The zero-order valence-corrected chi connectivity index (χ0v) is 19.9. The summed E-state index contributed by atoms with van der Waals surface area (Å²) in [4.78, 5) is 32.6. The number of hydrogen-bond acceptors (Lipinski definition) is 3. The molecular formula is C27H34N2O3. The molecule has 1 aliphatic carbocycles. The first-order valence-corrected chi connectivity index (χ1v) is 10.9. The molecule has 5 nitrogen and oxygen atoms in total. The van der Waals surface area contributed by atoms with Crippen LogP contribution < -0.4 is 11.1 Å². The molecule has 0 bridgehead atoms. The van der Waals surface area contributed by atoms with Crippen molar-refractivity contribution < 1.29 is 14.4 Å². The Bertz CT molecular complexity index is 974. The van der Waals surface area contributed by atoms with Gasteiger partial charge in [-0.2, -0.15) is 0 Å². The minimum atomic E-state index is -1.10. The molecule has 0 spiro atoms. The van der Waals surface area contributed by atoms with Crippen LogP contribution in [0.3, 0.4) is 0 Å². The van der Waals surface area contributed by atoms with Gasteiger partial charge < -0.3 is 11.1 Å². The number of ketones is 1. The molecule has 0 unspecified atom stereocenters. The summed E-state index contributed by atoms with van der Waals surface area (Å²) in [6, 6.07) is 16.0. The molecule has 0 atom stereocenters. The third kappa shape index (κ3) is 8.03. The van der Waals surface area contributed by atoms with E-state index in [4.69, 9.17) is 5.73 Å². The van der Waals surface area contributed by atoms with Crippen LogP contribution in [0.25, 0.3) is 0 Å². The Hall–Kier alpha value is -3.39. The Morgan fingerprint density at radius 3 is 1.66 bits per heavy atom. The maximum atomic E-state index is 11.2. The molecule has 1 fully saturated rings. The van der Waals surface area contributed by atoms with Crippen molar-refractivity contribution in [2.24, 2.45) is 11.1 Å². The van der Waals surface area contributed by atoms with Crippen LogP contribution in [0.2, 0.25) is 0 Å². The lowest BCUT2D eigenvalue weighted by Crippen LogP contribution is -2.44. The quantitative estimate of drug-likeness (QED) is 0.424. The van der Waals surface area contributed by atoms with Crippen LogP contribution >= 0.6 is 0 Å². The molecule has 0 radical (unpaired) electrons. The number of primary amides is 1. The molecule has 3 N–H and O–H groups in total. The van der Waals surface area contributed by atoms with Crippen molar-refractivity contribution >= 4 is 17.6 Å². The minimum absolute atomic E-state index is 0.0835. The van der Waals surface area contributed by atoms with E-state index >= 15 is 0 Å². The van der Waals surface area contributed by atoms with E-state index in [1.165, 1.54) is 39.3 Å². The summed E-state index contributed by atoms with van der Waals surface area (Å²) in [7, 11) is 1.47. The summed E-state index contributed by atoms with van der Waals surface area (Å²) in [5.74, 6) is 6.18. The van der Waals surface area contributed by atoms with Gasteiger partial charge in [-0.05, 0) is 69.4 Å². The van der Waals surface area contributed by atoms with Gasteiger partial charge in [-0.15, -0.1) is 0 Å². The maximum absolute atomic E-state index is 11.2. The molecule has 170 valence electrons. The number of amides is 2. The number of rotatable bonds is 4. The van der Waals surface area contributed by atoms with E-state index < -0.39 is 11.3 Å². The van der Waals surface area contributed by atoms with E-state index in [-0.39, 0.29) is 11.7 Å². The molecule has 0 aromatic heterocycles. The number of carbonyl (C=O) groups is 3. The van der Waals surface area contributed by atoms with Crippen LogP contribution in [0.5, 0.6) is 0 Å². The Labute approximate surface area is 191 Å². The Morgan fingerprint density at radius 1 is 0.906 bits per heavy atom. The number of nitrogens with two attached hydrogens (primary N) is 1. The van der Waals surface area contributed by atoms with Gasteiger partial charge >= 0.3 is 0 Å². The highest BCUT2D eigenvalue weighted by Gasteiger charge is 2.32. The Morgan fingerprint density at radius 2 is 1.34 bits per heavy atom. The number of hydrogen-bond donors (Lipinski definition) is 2. The van der Waals surface area contributed by atoms with Gasteiger partial charge in [0.15, 0.2) is 5.78 Å². The lowest BCUT2D eigenvalue weighted by Gasteiger charge is -2.17. The second-order valence-electron chi connectivity index (χ2n) is 7.85. The summed E-state index contributed by atoms with van der Waals surface area (Å²) >= 11 is 0. The third-order valence-electron chi connectivity index (χ3n) is 5.01. The lowest BCUT2D eigenvalue weighted by atomic mass is 9.92. The van der Waals surface area contributed by atoms with Crippen LogP contribution in [-0.4, -0.2) is 24.6 Å². The van der Waals surface area contributed by atoms with Gasteiger partial charge in [-0.1, -0.05) is 50.0 Å². The van der Waals surface area contributed by atoms with Crippen molar-refractivity contribution in [3.05, 3.63) is 70.8 Å². The monoisotopic (exact) mass is 434 g/mol. The topological polar surface area (TPSA) is 89.3 Å². The molecule has 1 aliphatic rings. The second-order valence-corrected chi connectivity index (χ2v) is 7.85. The lowest BCUT2D eigenvalue weighted by molar-refractivity contribution is -0.139. The second kappa shape index (κ2) is 12.5. The largest absolute Gasteiger partial charge is 0.369 e. The summed E-state index contributed by atoms with van der Waals surface area (Å²) in [6.45, 7) is 8.53. The normalized spacial score (nSPS) is 11.9. The Kier molecular flexibility index (Phi) is 10.4. The molecule has 2 aromatic carbocycles. The summed E-state index contributed by atoms with van der Waals surface area (Å²) in [5.41, 5.74) is 7.97. The number of benzene rings is 2. The molecule has 32 heavy (non-hydrogen) atoms. The van der Waals surface area contributed by atoms with Gasteiger partial charge in [0.1, 0.15) is 5.41 Å². The fraction of sp³-hybridized carbons (Fsp3) is 0.370. The summed E-state index contributed by atoms with van der Waals surface area (Å²) < 4.78 is 0. The molecular weight excluding hydrogens is 400 g/mol. The van der Waals surface area contributed by atoms with Gasteiger partial charge in [-0.25, -0.2) is 0 Å². The Balaban J connectivity index is 0.000000364. The van der Waals surface area contributed by atoms with Crippen LogP contribution in [0, 0.1) is 17.3 Å². The summed E-state index contributed by atoms with van der Waals surface area (Å²) in [5, 5.41) is 2.35. The van der Waals surface area contributed by atoms with Gasteiger partial charge in [0.2, 0.25) is 11.8 Å². The van der Waals surface area contributed by atoms with Gasteiger partial charge in [0.25, 0.3) is 0 Å². The van der Waals surface area contributed by atoms with Crippen molar-refractivity contribution in [3.63, 3.8) is 0 Å². The fourth-order valence-electron chi connectivity index (χ4n) is 2.61. The van der Waals surface area contributed by atoms with Crippen molar-refractivity contribution in [1.82, 2.24) is 5.32 Å². The van der Waals surface area contributed by atoms with E-state index in [0.29, 0.717) is 0 Å². The van der Waals surface area contributed by atoms with Crippen LogP contribution in [0.15, 0.2) is 48.5 Å². The molecule has 2 aromatic rings. The van der Waals surface area contributed by atoms with Gasteiger partial charge in [0.05, 0.1) is 0 Å². The van der Waals surface area contributed by atoms with E-state index in [0.717, 1.165) is 22.6 Å². The predicted octanol–water partition coefficient (Wildman–Crippen LogP) is 4.44. The van der Waals surface area contributed by atoms with E-state index in [9.17, 15) is 14.4 Å². The smallest absolute Gasteiger partial charge is 0.234 e. The molecule has 5 heteroatoms. The zero-order valence-electron chi connectivity index (χ0n) is 19.9. The molecule has 3 rings (SSSR count). The third-order valence-corrected chi connectivity index (χ3v) is 5.01. The van der Waals surface area contributed by atoms with Gasteiger partial charge in [0, 0.05) is 23.7 Å². The van der Waals surface area contributed by atoms with Crippen LogP contribution in [0.1, 0.15) is 80.4 Å². The molecule has 0 aliphatic heterocycles. The molecule has 1 saturated carbocycles.